The Morgan fingerprint density at radius 1 is 1.04 bits per heavy atom. The van der Waals surface area contributed by atoms with Gasteiger partial charge in [0.15, 0.2) is 0 Å². The molecular formula is C19H25N3O3S. The van der Waals surface area contributed by atoms with Crippen LogP contribution in [0.5, 0.6) is 0 Å². The van der Waals surface area contributed by atoms with Crippen LogP contribution in [0.15, 0.2) is 47.4 Å². The molecule has 0 radical (unpaired) electrons. The van der Waals surface area contributed by atoms with E-state index in [0.29, 0.717) is 17.8 Å². The lowest BCUT2D eigenvalue weighted by Crippen LogP contribution is -2.37. The molecule has 1 atom stereocenters. The van der Waals surface area contributed by atoms with Crippen molar-refractivity contribution in [2.75, 3.05) is 18.3 Å². The maximum absolute atomic E-state index is 12.5. The fraction of sp³-hybridized carbons (Fsp3) is 0.316. The highest BCUT2D eigenvalue weighted by Gasteiger charge is 2.15. The predicted octanol–water partition coefficient (Wildman–Crippen LogP) is 2.44. The quantitative estimate of drug-likeness (QED) is 0.694. The van der Waals surface area contributed by atoms with Gasteiger partial charge < -0.3 is 10.6 Å². The van der Waals surface area contributed by atoms with E-state index in [4.69, 9.17) is 0 Å². The minimum absolute atomic E-state index is 0.107. The first-order valence-corrected chi connectivity index (χ1v) is 9.87. The molecule has 0 spiro atoms. The van der Waals surface area contributed by atoms with Crippen LogP contribution in [0.25, 0.3) is 0 Å². The van der Waals surface area contributed by atoms with Crippen LogP contribution < -0.4 is 15.4 Å². The molecule has 2 aromatic rings. The average Bonchev–Trinajstić information content (AvgIpc) is 2.62. The Kier molecular flexibility index (Phi) is 6.39. The van der Waals surface area contributed by atoms with Crippen LogP contribution in [0.1, 0.15) is 28.4 Å². The zero-order valence-corrected chi connectivity index (χ0v) is 16.3. The van der Waals surface area contributed by atoms with Crippen LogP contribution in [0.2, 0.25) is 0 Å². The largest absolute Gasteiger partial charge is 0.350 e. The molecule has 0 bridgehead atoms. The van der Waals surface area contributed by atoms with Gasteiger partial charge in [-0.25, -0.2) is 8.42 Å². The second-order valence-corrected chi connectivity index (χ2v) is 8.01. The van der Waals surface area contributed by atoms with E-state index in [-0.39, 0.29) is 16.8 Å². The number of benzene rings is 2. The first-order valence-electron chi connectivity index (χ1n) is 8.38. The van der Waals surface area contributed by atoms with Gasteiger partial charge in [-0.3, -0.25) is 9.52 Å². The van der Waals surface area contributed by atoms with Crippen LogP contribution in [-0.2, 0) is 10.0 Å². The Balaban J connectivity index is 2.10. The van der Waals surface area contributed by atoms with Crippen molar-refractivity contribution in [1.82, 2.24) is 10.6 Å². The van der Waals surface area contributed by atoms with Crippen LogP contribution in [-0.4, -0.2) is 34.0 Å². The molecule has 140 valence electrons. The fourth-order valence-corrected chi connectivity index (χ4v) is 3.30. The van der Waals surface area contributed by atoms with Crippen LogP contribution in [0, 0.1) is 13.8 Å². The van der Waals surface area contributed by atoms with Gasteiger partial charge in [-0.2, -0.15) is 0 Å². The Hall–Kier alpha value is -2.38. The van der Waals surface area contributed by atoms with E-state index < -0.39 is 10.0 Å². The Labute approximate surface area is 155 Å². The summed E-state index contributed by atoms with van der Waals surface area (Å²) in [7, 11) is -1.89. The molecule has 0 fully saturated rings. The summed E-state index contributed by atoms with van der Waals surface area (Å²) >= 11 is 0. The standard InChI is InChI=1S/C19H25N3O3S/c1-13-5-8-17(11-14(13)2)22-26(24,25)18-9-6-16(7-10-18)19(23)21-12-15(3)20-4/h5-11,15,20,22H,12H2,1-4H3,(H,21,23). The third kappa shape index (κ3) is 5.06. The molecule has 1 amide bonds. The molecule has 2 aromatic carbocycles. The fourth-order valence-electron chi connectivity index (χ4n) is 2.25. The van der Waals surface area contributed by atoms with Gasteiger partial charge in [0.05, 0.1) is 4.90 Å². The van der Waals surface area contributed by atoms with Crippen molar-refractivity contribution in [3.63, 3.8) is 0 Å². The molecule has 7 heteroatoms. The molecule has 0 aliphatic carbocycles. The molecule has 26 heavy (non-hydrogen) atoms. The monoisotopic (exact) mass is 375 g/mol. The topological polar surface area (TPSA) is 87.3 Å². The molecule has 2 rings (SSSR count). The number of nitrogens with one attached hydrogen (secondary N) is 3. The summed E-state index contributed by atoms with van der Waals surface area (Å²) in [5.41, 5.74) is 3.03. The molecule has 0 saturated carbocycles. The normalized spacial score (nSPS) is 12.5. The smallest absolute Gasteiger partial charge is 0.261 e. The lowest BCUT2D eigenvalue weighted by atomic mass is 10.1. The van der Waals surface area contributed by atoms with Crippen molar-refractivity contribution in [1.29, 1.82) is 0 Å². The van der Waals surface area contributed by atoms with E-state index >= 15 is 0 Å². The molecule has 0 heterocycles. The van der Waals surface area contributed by atoms with Gasteiger partial charge in [0.25, 0.3) is 15.9 Å². The third-order valence-electron chi connectivity index (χ3n) is 4.25. The minimum atomic E-state index is -3.71. The average molecular weight is 375 g/mol. The van der Waals surface area contributed by atoms with Gasteiger partial charge in [-0.15, -0.1) is 0 Å². The Morgan fingerprint density at radius 3 is 2.27 bits per heavy atom. The number of anilines is 1. The highest BCUT2D eigenvalue weighted by molar-refractivity contribution is 7.92. The molecule has 1 unspecified atom stereocenters. The van der Waals surface area contributed by atoms with E-state index in [2.05, 4.69) is 15.4 Å². The Bertz CT molecular complexity index is 877. The van der Waals surface area contributed by atoms with Crippen molar-refractivity contribution in [3.8, 4) is 0 Å². The summed E-state index contributed by atoms with van der Waals surface area (Å²) < 4.78 is 27.6. The van der Waals surface area contributed by atoms with Gasteiger partial charge >= 0.3 is 0 Å². The van der Waals surface area contributed by atoms with Gasteiger partial charge in [0.2, 0.25) is 0 Å². The second-order valence-electron chi connectivity index (χ2n) is 6.33. The summed E-state index contributed by atoms with van der Waals surface area (Å²) in [6.07, 6.45) is 0. The lowest BCUT2D eigenvalue weighted by molar-refractivity contribution is 0.0950. The second kappa shape index (κ2) is 8.33. The highest BCUT2D eigenvalue weighted by Crippen LogP contribution is 2.19. The molecule has 0 saturated heterocycles. The number of likely N-dealkylation sites (N-methyl/N-ethyl adjacent to an activating group) is 1. The summed E-state index contributed by atoms with van der Waals surface area (Å²) in [5.74, 6) is -0.238. The maximum Gasteiger partial charge on any atom is 0.261 e. The number of hydrogen-bond acceptors (Lipinski definition) is 4. The van der Waals surface area contributed by atoms with Crippen molar-refractivity contribution < 1.29 is 13.2 Å². The first-order chi connectivity index (χ1) is 12.2. The Morgan fingerprint density at radius 2 is 1.69 bits per heavy atom. The van der Waals surface area contributed by atoms with Crippen molar-refractivity contribution in [2.45, 2.75) is 31.7 Å². The zero-order chi connectivity index (χ0) is 19.3. The predicted molar refractivity (Wildman–Crippen MR) is 104 cm³/mol. The molecule has 3 N–H and O–H groups in total. The van der Waals surface area contributed by atoms with Crippen molar-refractivity contribution >= 4 is 21.6 Å². The highest BCUT2D eigenvalue weighted by atomic mass is 32.2. The zero-order valence-electron chi connectivity index (χ0n) is 15.5. The van der Waals surface area contributed by atoms with Gasteiger partial charge in [0, 0.05) is 23.8 Å². The van der Waals surface area contributed by atoms with Crippen LogP contribution >= 0.6 is 0 Å². The van der Waals surface area contributed by atoms with Crippen LogP contribution in [0.3, 0.4) is 0 Å². The molecule has 6 nitrogen and oxygen atoms in total. The van der Waals surface area contributed by atoms with Crippen LogP contribution in [0.4, 0.5) is 5.69 Å². The number of aryl methyl sites for hydroxylation is 2. The summed E-state index contributed by atoms with van der Waals surface area (Å²) in [6.45, 7) is 6.34. The van der Waals surface area contributed by atoms with Crippen molar-refractivity contribution in [2.24, 2.45) is 0 Å². The van der Waals surface area contributed by atoms with Gasteiger partial charge in [-0.1, -0.05) is 6.07 Å². The minimum Gasteiger partial charge on any atom is -0.350 e. The number of carbonyl (C=O) groups excluding carboxylic acids is 1. The SMILES string of the molecule is CNC(C)CNC(=O)c1ccc(S(=O)(=O)Nc2ccc(C)c(C)c2)cc1. The molecule has 0 aliphatic heterocycles. The molecule has 0 aromatic heterocycles. The lowest BCUT2D eigenvalue weighted by Gasteiger charge is -2.12. The van der Waals surface area contributed by atoms with Gasteiger partial charge in [0.1, 0.15) is 0 Å². The molecular weight excluding hydrogens is 350 g/mol. The first kappa shape index (κ1) is 19.9. The number of carbonyl (C=O) groups is 1. The van der Waals surface area contributed by atoms with E-state index in [1.54, 1.807) is 12.1 Å². The third-order valence-corrected chi connectivity index (χ3v) is 5.64. The summed E-state index contributed by atoms with van der Waals surface area (Å²) in [4.78, 5) is 12.2. The van der Waals surface area contributed by atoms with E-state index in [1.807, 2.05) is 33.9 Å². The van der Waals surface area contributed by atoms with E-state index in [0.717, 1.165) is 11.1 Å². The van der Waals surface area contributed by atoms with E-state index in [1.165, 1.54) is 24.3 Å². The maximum atomic E-state index is 12.5. The summed E-state index contributed by atoms with van der Waals surface area (Å²) in [6, 6.07) is 11.4. The van der Waals surface area contributed by atoms with Gasteiger partial charge in [-0.05, 0) is 75.3 Å². The number of amides is 1. The number of rotatable bonds is 7. The molecule has 0 aliphatic rings. The number of sulfonamides is 1. The summed E-state index contributed by atoms with van der Waals surface area (Å²) in [5, 5.41) is 5.82. The van der Waals surface area contributed by atoms with E-state index in [9.17, 15) is 13.2 Å². The van der Waals surface area contributed by atoms with Crippen molar-refractivity contribution in [3.05, 3.63) is 59.2 Å². The number of hydrogen-bond donors (Lipinski definition) is 3.